The van der Waals surface area contributed by atoms with Gasteiger partial charge in [0.2, 0.25) is 0 Å². The van der Waals surface area contributed by atoms with E-state index in [-0.39, 0.29) is 8.81 Å². The van der Waals surface area contributed by atoms with Crippen molar-refractivity contribution in [1.29, 1.82) is 0 Å². The Kier molecular flexibility index (Phi) is 2.81. The van der Waals surface area contributed by atoms with Gasteiger partial charge in [-0.3, -0.25) is 0 Å². The predicted octanol–water partition coefficient (Wildman–Crippen LogP) is 0.333. The van der Waals surface area contributed by atoms with Gasteiger partial charge in [-0.2, -0.15) is 0 Å². The number of nitrogens with zero attached hydrogens (tertiary/aromatic N) is 1. The van der Waals surface area contributed by atoms with E-state index < -0.39 is 0 Å². The zero-order chi connectivity index (χ0) is 6.53. The van der Waals surface area contributed by atoms with Crippen LogP contribution in [0.3, 0.4) is 0 Å². The van der Waals surface area contributed by atoms with Crippen molar-refractivity contribution in [2.75, 3.05) is 19.4 Å². The van der Waals surface area contributed by atoms with Crippen molar-refractivity contribution in [1.82, 2.24) is 4.90 Å². The minimum atomic E-state index is 0.00776. The van der Waals surface area contributed by atoms with E-state index in [0.717, 1.165) is 19.4 Å². The van der Waals surface area contributed by atoms with Crippen molar-refractivity contribution in [2.45, 2.75) is 0 Å². The molecule has 1 unspecified atom stereocenters. The van der Waals surface area contributed by atoms with Crippen LogP contribution in [0.5, 0.6) is 0 Å². The molecular formula is C5H10NO2P. The molecule has 3 nitrogen and oxygen atoms in total. The van der Waals surface area contributed by atoms with Crippen LogP contribution in [0.25, 0.3) is 0 Å². The highest BCUT2D eigenvalue weighted by Crippen LogP contribution is 2.07. The summed E-state index contributed by atoms with van der Waals surface area (Å²) in [4.78, 5) is 10.6. The van der Waals surface area contributed by atoms with Gasteiger partial charge in [-0.25, -0.2) is 0 Å². The van der Waals surface area contributed by atoms with Gasteiger partial charge in [0.05, 0.1) is 19.1 Å². The fourth-order valence-corrected chi connectivity index (χ4v) is 1.11. The summed E-state index contributed by atoms with van der Waals surface area (Å²) in [5.41, 5.74) is 0. The molecule has 1 heterocycles. The second-order valence-corrected chi connectivity index (χ2v) is 2.42. The van der Waals surface area contributed by atoms with Crippen LogP contribution in [0.1, 0.15) is 0 Å². The van der Waals surface area contributed by atoms with Crippen LogP contribution in [0.15, 0.2) is 12.5 Å². The second kappa shape index (κ2) is 3.70. The Bertz CT molecular complexity index is 107. The first-order valence-electron chi connectivity index (χ1n) is 2.83. The van der Waals surface area contributed by atoms with Gasteiger partial charge in [-0.05, 0) is 0 Å². The number of ether oxygens (including phenoxy) is 1. The predicted molar refractivity (Wildman–Crippen MR) is 37.2 cm³/mol. The fraction of sp³-hybridized carbons (Fsp3) is 0.600. The minimum Gasteiger partial charge on any atom is -0.498 e. The molecule has 1 N–H and O–H groups in total. The SMILES string of the molecule is OPCN1C=COCC1. The number of hydrogen-bond donors (Lipinski definition) is 1. The maximum atomic E-state index is 8.53. The Morgan fingerprint density at radius 1 is 1.78 bits per heavy atom. The van der Waals surface area contributed by atoms with Gasteiger partial charge >= 0.3 is 0 Å². The molecule has 0 bridgehead atoms. The summed E-state index contributed by atoms with van der Waals surface area (Å²) < 4.78 is 4.95. The molecule has 0 fully saturated rings. The van der Waals surface area contributed by atoms with Crippen molar-refractivity contribution in [3.8, 4) is 0 Å². The van der Waals surface area contributed by atoms with E-state index in [9.17, 15) is 0 Å². The highest BCUT2D eigenvalue weighted by Gasteiger charge is 2.00. The van der Waals surface area contributed by atoms with Gasteiger partial charge in [0, 0.05) is 15.0 Å². The van der Waals surface area contributed by atoms with E-state index in [1.807, 2.05) is 11.1 Å². The maximum absolute atomic E-state index is 8.53. The van der Waals surface area contributed by atoms with E-state index >= 15 is 0 Å². The van der Waals surface area contributed by atoms with Gasteiger partial charge in [0.1, 0.15) is 6.61 Å². The van der Waals surface area contributed by atoms with Crippen LogP contribution in [-0.4, -0.2) is 29.2 Å². The molecule has 0 spiro atoms. The van der Waals surface area contributed by atoms with Gasteiger partial charge in [0.15, 0.2) is 0 Å². The van der Waals surface area contributed by atoms with Crippen LogP contribution in [0.2, 0.25) is 0 Å². The zero-order valence-electron chi connectivity index (χ0n) is 5.08. The summed E-state index contributed by atoms with van der Waals surface area (Å²) in [6.07, 6.45) is 4.25. The molecule has 0 aromatic heterocycles. The maximum Gasteiger partial charge on any atom is 0.105 e. The lowest BCUT2D eigenvalue weighted by molar-refractivity contribution is 0.183. The lowest BCUT2D eigenvalue weighted by Crippen LogP contribution is -2.23. The molecule has 52 valence electrons. The molecule has 0 aromatic carbocycles. The quantitative estimate of drug-likeness (QED) is 0.571. The first-order chi connectivity index (χ1) is 4.43. The third-order valence-corrected chi connectivity index (χ3v) is 1.69. The molecule has 9 heavy (non-hydrogen) atoms. The fourth-order valence-electron chi connectivity index (χ4n) is 0.664. The summed E-state index contributed by atoms with van der Waals surface area (Å²) >= 11 is 0. The summed E-state index contributed by atoms with van der Waals surface area (Å²) in [6.45, 7) is 1.63. The summed E-state index contributed by atoms with van der Waals surface area (Å²) in [6, 6.07) is 0. The summed E-state index contributed by atoms with van der Waals surface area (Å²) in [7, 11) is 0.00776. The van der Waals surface area contributed by atoms with Crippen LogP contribution >= 0.6 is 8.81 Å². The molecule has 4 heteroatoms. The highest BCUT2D eigenvalue weighted by molar-refractivity contribution is 7.30. The Labute approximate surface area is 56.2 Å². The van der Waals surface area contributed by atoms with Crippen LogP contribution < -0.4 is 0 Å². The molecule has 0 aromatic rings. The van der Waals surface area contributed by atoms with Gasteiger partial charge in [0.25, 0.3) is 0 Å². The highest BCUT2D eigenvalue weighted by atomic mass is 31.1. The normalized spacial score (nSPS) is 19.0. The van der Waals surface area contributed by atoms with Crippen LogP contribution in [0, 0.1) is 0 Å². The molecule has 0 saturated carbocycles. The van der Waals surface area contributed by atoms with Crippen molar-refractivity contribution in [3.05, 3.63) is 12.5 Å². The van der Waals surface area contributed by atoms with Crippen LogP contribution in [-0.2, 0) is 4.74 Å². The van der Waals surface area contributed by atoms with Gasteiger partial charge in [-0.15, -0.1) is 0 Å². The topological polar surface area (TPSA) is 32.7 Å². The Morgan fingerprint density at radius 2 is 2.67 bits per heavy atom. The largest absolute Gasteiger partial charge is 0.498 e. The third kappa shape index (κ3) is 2.20. The zero-order valence-corrected chi connectivity index (χ0v) is 6.08. The number of hydrogen-bond acceptors (Lipinski definition) is 3. The van der Waals surface area contributed by atoms with E-state index in [1.54, 1.807) is 6.26 Å². The molecule has 1 atom stereocenters. The van der Waals surface area contributed by atoms with Crippen molar-refractivity contribution < 1.29 is 9.63 Å². The minimum absolute atomic E-state index is 0.00776. The summed E-state index contributed by atoms with van der Waals surface area (Å²) in [5.74, 6) is 0. The first kappa shape index (κ1) is 6.84. The Balaban J connectivity index is 2.23. The molecule has 1 aliphatic heterocycles. The molecule has 0 radical (unpaired) electrons. The van der Waals surface area contributed by atoms with Crippen LogP contribution in [0.4, 0.5) is 0 Å². The lowest BCUT2D eigenvalue weighted by Gasteiger charge is -2.21. The van der Waals surface area contributed by atoms with E-state index in [2.05, 4.69) is 0 Å². The summed E-state index contributed by atoms with van der Waals surface area (Å²) in [5, 5.41) is 0. The molecular weight excluding hydrogens is 137 g/mol. The van der Waals surface area contributed by atoms with E-state index in [4.69, 9.17) is 9.63 Å². The van der Waals surface area contributed by atoms with Gasteiger partial charge in [-0.1, -0.05) is 0 Å². The standard InChI is InChI=1S/C5H10NO2P/c7-9-5-6-1-3-8-4-2-6/h1,3,7,9H,2,4-5H2. The second-order valence-electron chi connectivity index (χ2n) is 1.78. The van der Waals surface area contributed by atoms with Crippen molar-refractivity contribution in [2.24, 2.45) is 0 Å². The third-order valence-electron chi connectivity index (χ3n) is 1.14. The Hall–Kier alpha value is -0.270. The van der Waals surface area contributed by atoms with E-state index in [1.165, 1.54) is 0 Å². The van der Waals surface area contributed by atoms with Crippen molar-refractivity contribution >= 4 is 8.81 Å². The molecule has 0 amide bonds. The van der Waals surface area contributed by atoms with Crippen molar-refractivity contribution in [3.63, 3.8) is 0 Å². The average molecular weight is 147 g/mol. The molecule has 1 rings (SSSR count). The monoisotopic (exact) mass is 147 g/mol. The number of rotatable bonds is 2. The average Bonchev–Trinajstić information content (AvgIpc) is 1.91. The Morgan fingerprint density at radius 3 is 3.22 bits per heavy atom. The molecule has 0 aliphatic carbocycles. The molecule has 1 aliphatic rings. The van der Waals surface area contributed by atoms with Gasteiger partial charge < -0.3 is 14.5 Å². The smallest absolute Gasteiger partial charge is 0.105 e. The first-order valence-corrected chi connectivity index (χ1v) is 3.98. The lowest BCUT2D eigenvalue weighted by atomic mass is 10.6. The van der Waals surface area contributed by atoms with E-state index in [0.29, 0.717) is 0 Å². The molecule has 0 saturated heterocycles.